The van der Waals surface area contributed by atoms with Crippen molar-refractivity contribution in [2.45, 2.75) is 45.4 Å². The zero-order valence-electron chi connectivity index (χ0n) is 15.6. The lowest BCUT2D eigenvalue weighted by Gasteiger charge is -2.27. The summed E-state index contributed by atoms with van der Waals surface area (Å²) in [6, 6.07) is 6.08. The van der Waals surface area contributed by atoms with Gasteiger partial charge in [-0.1, -0.05) is 33.8 Å². The van der Waals surface area contributed by atoms with Crippen LogP contribution in [0.15, 0.2) is 50.8 Å². The van der Waals surface area contributed by atoms with Crippen molar-refractivity contribution in [3.05, 3.63) is 35.7 Å². The van der Waals surface area contributed by atoms with E-state index in [1.165, 1.54) is 16.4 Å². The summed E-state index contributed by atoms with van der Waals surface area (Å²) in [6.07, 6.45) is 0.630. The van der Waals surface area contributed by atoms with E-state index in [9.17, 15) is 18.3 Å². The first-order valence-corrected chi connectivity index (χ1v) is 10.0. The number of aliphatic hydroxyl groups is 1. The van der Waals surface area contributed by atoms with Gasteiger partial charge in [0.25, 0.3) is 0 Å². The van der Waals surface area contributed by atoms with E-state index in [1.807, 2.05) is 13.8 Å². The fourth-order valence-electron chi connectivity index (χ4n) is 2.92. The van der Waals surface area contributed by atoms with Gasteiger partial charge in [-0.3, -0.25) is 4.79 Å². The molecule has 0 radical (unpaired) electrons. The molecule has 0 unspecified atom stereocenters. The Morgan fingerprint density at radius 2 is 1.81 bits per heavy atom. The molecule has 0 amide bonds. The van der Waals surface area contributed by atoms with Crippen molar-refractivity contribution in [3.63, 3.8) is 0 Å². The highest BCUT2D eigenvalue weighted by molar-refractivity contribution is 7.89. The smallest absolute Gasteiger partial charge is 0.243 e. The van der Waals surface area contributed by atoms with Crippen molar-refractivity contribution in [2.24, 2.45) is 15.6 Å². The number of benzene rings is 1. The molecule has 26 heavy (non-hydrogen) atoms. The highest BCUT2D eigenvalue weighted by Gasteiger charge is 2.33. The molecule has 142 valence electrons. The van der Waals surface area contributed by atoms with Gasteiger partial charge in [0.05, 0.1) is 10.6 Å². The lowest BCUT2D eigenvalue weighted by atomic mass is 9.78. The van der Waals surface area contributed by atoms with Crippen LogP contribution in [-0.4, -0.2) is 36.7 Å². The second kappa shape index (κ2) is 7.67. The number of azo groups is 1. The summed E-state index contributed by atoms with van der Waals surface area (Å²) in [4.78, 5) is 12.3. The molecule has 0 bridgehead atoms. The molecular weight excluding hydrogens is 354 g/mol. The number of rotatable bonds is 6. The summed E-state index contributed by atoms with van der Waals surface area (Å²) < 4.78 is 26.5. The Morgan fingerprint density at radius 1 is 1.15 bits per heavy atom. The molecule has 0 aromatic heterocycles. The van der Waals surface area contributed by atoms with Crippen LogP contribution in [0.25, 0.3) is 0 Å². The first-order chi connectivity index (χ1) is 12.1. The van der Waals surface area contributed by atoms with Gasteiger partial charge in [0.15, 0.2) is 11.5 Å². The average molecular weight is 379 g/mol. The molecule has 0 saturated heterocycles. The molecule has 1 aromatic rings. The standard InChI is InChI=1S/C18H25N3O4S/c1-5-21(6-2)26(24,25)14-9-7-8-13(10-14)19-20-17-15(22)11-18(3,4)12-16(17)23/h7-10,22H,5-6,11-12H2,1-4H3. The molecule has 0 heterocycles. The van der Waals surface area contributed by atoms with E-state index in [0.29, 0.717) is 25.2 Å². The maximum atomic E-state index is 12.6. The van der Waals surface area contributed by atoms with Crippen LogP contribution in [0.2, 0.25) is 0 Å². The Kier molecular flexibility index (Phi) is 5.98. The largest absolute Gasteiger partial charge is 0.510 e. The van der Waals surface area contributed by atoms with Gasteiger partial charge in [-0.2, -0.15) is 9.42 Å². The lowest BCUT2D eigenvalue weighted by Crippen LogP contribution is -2.30. The average Bonchev–Trinajstić information content (AvgIpc) is 2.54. The van der Waals surface area contributed by atoms with Crippen molar-refractivity contribution in [1.82, 2.24) is 4.31 Å². The lowest BCUT2D eigenvalue weighted by molar-refractivity contribution is -0.118. The summed E-state index contributed by atoms with van der Waals surface area (Å²) in [5.41, 5.74) is -0.0599. The Bertz CT molecular complexity index is 853. The second-order valence-corrected chi connectivity index (χ2v) is 8.96. The van der Waals surface area contributed by atoms with Crippen LogP contribution >= 0.6 is 0 Å². The summed E-state index contributed by atoms with van der Waals surface area (Å²) >= 11 is 0. The van der Waals surface area contributed by atoms with Crippen molar-refractivity contribution in [3.8, 4) is 0 Å². The fraction of sp³-hybridized carbons (Fsp3) is 0.500. The third-order valence-corrected chi connectivity index (χ3v) is 6.29. The molecule has 0 saturated carbocycles. The van der Waals surface area contributed by atoms with Gasteiger partial charge in [0.1, 0.15) is 5.76 Å². The van der Waals surface area contributed by atoms with Crippen LogP contribution < -0.4 is 0 Å². The Labute approximate surface area is 154 Å². The van der Waals surface area contributed by atoms with Gasteiger partial charge < -0.3 is 5.11 Å². The topological polar surface area (TPSA) is 99.4 Å². The molecule has 2 rings (SSSR count). The number of hydrogen-bond acceptors (Lipinski definition) is 6. The number of carbonyl (C=O) groups is 1. The molecule has 1 aromatic carbocycles. The number of hydrogen-bond donors (Lipinski definition) is 1. The van der Waals surface area contributed by atoms with Gasteiger partial charge in [0.2, 0.25) is 10.0 Å². The summed E-state index contributed by atoms with van der Waals surface area (Å²) in [6.45, 7) is 8.09. The first-order valence-electron chi connectivity index (χ1n) is 8.58. The zero-order chi connectivity index (χ0) is 19.5. The van der Waals surface area contributed by atoms with Crippen LogP contribution in [0.1, 0.15) is 40.5 Å². The van der Waals surface area contributed by atoms with Gasteiger partial charge in [0, 0.05) is 25.9 Å². The molecule has 1 aliphatic rings. The van der Waals surface area contributed by atoms with Crippen LogP contribution in [-0.2, 0) is 14.8 Å². The van der Waals surface area contributed by atoms with Crippen molar-refractivity contribution in [2.75, 3.05) is 13.1 Å². The van der Waals surface area contributed by atoms with Crippen molar-refractivity contribution < 1.29 is 18.3 Å². The van der Waals surface area contributed by atoms with E-state index in [-0.39, 0.29) is 34.0 Å². The minimum absolute atomic E-state index is 0.0543. The molecule has 1 N–H and O–H groups in total. The molecule has 0 aliphatic heterocycles. The minimum atomic E-state index is -3.60. The number of sulfonamides is 1. The Morgan fingerprint density at radius 3 is 2.38 bits per heavy atom. The summed E-state index contributed by atoms with van der Waals surface area (Å²) in [7, 11) is -3.60. The molecular formula is C18H25N3O4S. The Hall–Kier alpha value is -2.06. The molecule has 8 heteroatoms. The quantitative estimate of drug-likeness (QED) is 0.756. The van der Waals surface area contributed by atoms with E-state index >= 15 is 0 Å². The highest BCUT2D eigenvalue weighted by atomic mass is 32.2. The van der Waals surface area contributed by atoms with Gasteiger partial charge in [-0.15, -0.1) is 5.11 Å². The zero-order valence-corrected chi connectivity index (χ0v) is 16.4. The van der Waals surface area contributed by atoms with E-state index in [2.05, 4.69) is 10.2 Å². The van der Waals surface area contributed by atoms with E-state index < -0.39 is 10.0 Å². The Balaban J connectivity index is 2.32. The number of carbonyl (C=O) groups excluding carboxylic acids is 1. The van der Waals surface area contributed by atoms with E-state index in [1.54, 1.807) is 26.0 Å². The SMILES string of the molecule is CCN(CC)S(=O)(=O)c1cccc(N=NC2=C(O)CC(C)(C)CC2=O)c1. The normalized spacial score (nSPS) is 18.1. The third-order valence-electron chi connectivity index (χ3n) is 4.25. The molecule has 7 nitrogen and oxygen atoms in total. The van der Waals surface area contributed by atoms with E-state index in [0.717, 1.165) is 0 Å². The highest BCUT2D eigenvalue weighted by Crippen LogP contribution is 2.36. The number of allylic oxidation sites excluding steroid dienone is 2. The number of nitrogens with zero attached hydrogens (tertiary/aromatic N) is 3. The third kappa shape index (κ3) is 4.37. The van der Waals surface area contributed by atoms with Crippen LogP contribution in [0.4, 0.5) is 5.69 Å². The summed E-state index contributed by atoms with van der Waals surface area (Å²) in [5.74, 6) is -0.351. The predicted octanol–water partition coefficient (Wildman–Crippen LogP) is 3.96. The second-order valence-electron chi connectivity index (χ2n) is 7.02. The molecule has 0 fully saturated rings. The number of aliphatic hydroxyl groups excluding tert-OH is 1. The van der Waals surface area contributed by atoms with Crippen LogP contribution in [0.5, 0.6) is 0 Å². The van der Waals surface area contributed by atoms with Gasteiger partial charge in [-0.05, 0) is 23.6 Å². The predicted molar refractivity (Wildman–Crippen MR) is 98.7 cm³/mol. The summed E-state index contributed by atoms with van der Waals surface area (Å²) in [5, 5.41) is 17.9. The number of Topliss-reactive ketones (excluding diaryl/α,β-unsaturated/α-hetero) is 1. The minimum Gasteiger partial charge on any atom is -0.510 e. The van der Waals surface area contributed by atoms with Gasteiger partial charge >= 0.3 is 0 Å². The fourth-order valence-corrected chi connectivity index (χ4v) is 4.42. The maximum absolute atomic E-state index is 12.6. The van der Waals surface area contributed by atoms with E-state index in [4.69, 9.17) is 0 Å². The first kappa shape index (κ1) is 20.3. The monoisotopic (exact) mass is 379 g/mol. The molecule has 0 spiro atoms. The van der Waals surface area contributed by atoms with Gasteiger partial charge in [-0.25, -0.2) is 8.42 Å². The maximum Gasteiger partial charge on any atom is 0.243 e. The van der Waals surface area contributed by atoms with Crippen molar-refractivity contribution in [1.29, 1.82) is 0 Å². The van der Waals surface area contributed by atoms with Crippen molar-refractivity contribution >= 4 is 21.5 Å². The molecule has 0 atom stereocenters. The van der Waals surface area contributed by atoms with Crippen LogP contribution in [0.3, 0.4) is 0 Å². The molecule has 1 aliphatic carbocycles. The van der Waals surface area contributed by atoms with Crippen LogP contribution in [0, 0.1) is 5.41 Å². The number of ketones is 1.